The molecule has 0 atom stereocenters. The zero-order valence-electron chi connectivity index (χ0n) is 15.2. The molecular weight excluding hydrogens is 419 g/mol. The average Bonchev–Trinajstić information content (AvgIpc) is 3.23. The molecule has 0 bridgehead atoms. The second-order valence-corrected chi connectivity index (χ2v) is 7.07. The zero-order chi connectivity index (χ0) is 21.7. The largest absolute Gasteiger partial charge is 0.343 e. The third-order valence-electron chi connectivity index (χ3n) is 3.87. The summed E-state index contributed by atoms with van der Waals surface area (Å²) >= 11 is 1.15. The first-order chi connectivity index (χ1) is 14.3. The molecule has 0 saturated carbocycles. The minimum atomic E-state index is -1.18. The van der Waals surface area contributed by atoms with Crippen LogP contribution in [-0.4, -0.2) is 24.3 Å². The smallest absolute Gasteiger partial charge is 0.279 e. The Balaban J connectivity index is 1.48. The lowest BCUT2D eigenvalue weighted by Gasteiger charge is -2.08. The first-order valence-corrected chi connectivity index (χ1v) is 9.33. The van der Waals surface area contributed by atoms with Crippen molar-refractivity contribution in [2.45, 2.75) is 0 Å². The van der Waals surface area contributed by atoms with Crippen molar-refractivity contribution >= 4 is 29.1 Å². The fourth-order valence-corrected chi connectivity index (χ4v) is 3.27. The highest BCUT2D eigenvalue weighted by molar-refractivity contribution is 7.17. The summed E-state index contributed by atoms with van der Waals surface area (Å²) in [4.78, 5) is 36.8. The normalized spacial score (nSPS) is 10.4. The van der Waals surface area contributed by atoms with E-state index in [1.54, 1.807) is 24.3 Å². The predicted molar refractivity (Wildman–Crippen MR) is 104 cm³/mol. The number of hydrogen-bond acceptors (Lipinski definition) is 4. The topological polar surface area (TPSA) is 87.3 Å². The van der Waals surface area contributed by atoms with E-state index >= 15 is 0 Å². The molecule has 0 aliphatic carbocycles. The zero-order valence-corrected chi connectivity index (χ0v) is 16.0. The first-order valence-electron chi connectivity index (χ1n) is 8.51. The van der Waals surface area contributed by atoms with E-state index in [1.165, 1.54) is 12.1 Å². The number of benzene rings is 2. The van der Waals surface area contributed by atoms with Crippen LogP contribution in [0.1, 0.15) is 20.0 Å². The van der Waals surface area contributed by atoms with Crippen LogP contribution in [0, 0.1) is 17.5 Å². The molecule has 0 radical (unpaired) electrons. The van der Waals surface area contributed by atoms with Gasteiger partial charge in [0.2, 0.25) is 0 Å². The lowest BCUT2D eigenvalue weighted by molar-refractivity contribution is -0.120. The fourth-order valence-electron chi connectivity index (χ4n) is 2.36. The highest BCUT2D eigenvalue weighted by Gasteiger charge is 2.13. The molecule has 1 aromatic heterocycles. The van der Waals surface area contributed by atoms with Crippen LogP contribution in [-0.2, 0) is 4.79 Å². The van der Waals surface area contributed by atoms with Crippen LogP contribution in [0.25, 0.3) is 10.4 Å². The Hall–Kier alpha value is -3.66. The van der Waals surface area contributed by atoms with Gasteiger partial charge in [-0.15, -0.1) is 11.3 Å². The van der Waals surface area contributed by atoms with Gasteiger partial charge in [0.15, 0.2) is 11.6 Å². The van der Waals surface area contributed by atoms with Crippen molar-refractivity contribution in [3.63, 3.8) is 0 Å². The summed E-state index contributed by atoms with van der Waals surface area (Å²) in [5.41, 5.74) is 4.92. The van der Waals surface area contributed by atoms with Crippen LogP contribution in [0.5, 0.6) is 0 Å². The molecule has 1 heterocycles. The minimum Gasteiger partial charge on any atom is -0.343 e. The number of hydrogen-bond donors (Lipinski definition) is 3. The number of carbonyl (C=O) groups excluding carboxylic acids is 3. The maximum Gasteiger partial charge on any atom is 0.279 e. The van der Waals surface area contributed by atoms with Crippen LogP contribution in [0.4, 0.5) is 13.2 Å². The molecule has 3 rings (SSSR count). The Morgan fingerprint density at radius 3 is 2.23 bits per heavy atom. The molecule has 2 aromatic carbocycles. The standard InChI is InChI=1S/C20H14F3N3O3S/c21-13-4-1-11(2-5-13)16-7-8-17(30-16)20(29)26-25-18(27)10-24-19(28)12-3-6-14(22)15(23)9-12/h1-9H,10H2,(H,24,28)(H,25,27)(H,26,29). The van der Waals surface area contributed by atoms with Crippen molar-refractivity contribution in [1.29, 1.82) is 0 Å². The highest BCUT2D eigenvalue weighted by atomic mass is 32.1. The summed E-state index contributed by atoms with van der Waals surface area (Å²) in [5.74, 6) is -4.73. The molecular formula is C20H14F3N3O3S. The van der Waals surface area contributed by atoms with Crippen LogP contribution in [0.2, 0.25) is 0 Å². The minimum absolute atomic E-state index is 0.155. The molecule has 3 N–H and O–H groups in total. The van der Waals surface area contributed by atoms with Gasteiger partial charge < -0.3 is 5.32 Å². The van der Waals surface area contributed by atoms with Gasteiger partial charge in [-0.1, -0.05) is 12.1 Å². The molecule has 154 valence electrons. The van der Waals surface area contributed by atoms with Gasteiger partial charge in [-0.3, -0.25) is 25.2 Å². The van der Waals surface area contributed by atoms with Crippen molar-refractivity contribution < 1.29 is 27.6 Å². The molecule has 0 spiro atoms. The van der Waals surface area contributed by atoms with Gasteiger partial charge in [-0.05, 0) is 48.0 Å². The Bertz CT molecular complexity index is 1100. The molecule has 0 aliphatic rings. The number of carbonyl (C=O) groups is 3. The molecule has 30 heavy (non-hydrogen) atoms. The number of thiophene rings is 1. The predicted octanol–water partition coefficient (Wildman–Crippen LogP) is 3.02. The summed E-state index contributed by atoms with van der Waals surface area (Å²) in [6.45, 7) is -0.497. The summed E-state index contributed by atoms with van der Waals surface area (Å²) < 4.78 is 39.0. The summed E-state index contributed by atoms with van der Waals surface area (Å²) in [6.07, 6.45) is 0. The molecule has 0 saturated heterocycles. The molecule has 10 heteroatoms. The van der Waals surface area contributed by atoms with E-state index in [2.05, 4.69) is 16.2 Å². The van der Waals surface area contributed by atoms with Crippen molar-refractivity contribution in [2.24, 2.45) is 0 Å². The van der Waals surface area contributed by atoms with E-state index < -0.39 is 35.9 Å². The van der Waals surface area contributed by atoms with E-state index in [9.17, 15) is 27.6 Å². The summed E-state index contributed by atoms with van der Waals surface area (Å²) in [6, 6.07) is 11.6. The van der Waals surface area contributed by atoms with Gasteiger partial charge in [0.05, 0.1) is 11.4 Å². The van der Waals surface area contributed by atoms with Crippen molar-refractivity contribution in [3.05, 3.63) is 82.5 Å². The van der Waals surface area contributed by atoms with Crippen molar-refractivity contribution in [3.8, 4) is 10.4 Å². The molecule has 0 unspecified atom stereocenters. The van der Waals surface area contributed by atoms with Crippen LogP contribution in [0.3, 0.4) is 0 Å². The molecule has 0 aliphatic heterocycles. The summed E-state index contributed by atoms with van der Waals surface area (Å²) in [5, 5.41) is 2.22. The Labute approximate surface area is 172 Å². The number of hydrazine groups is 1. The van der Waals surface area contributed by atoms with E-state index in [4.69, 9.17) is 0 Å². The van der Waals surface area contributed by atoms with E-state index in [-0.39, 0.29) is 11.4 Å². The van der Waals surface area contributed by atoms with Crippen LogP contribution < -0.4 is 16.2 Å². The first kappa shape index (κ1) is 21.1. The lowest BCUT2D eigenvalue weighted by Crippen LogP contribution is -2.46. The molecule has 0 fully saturated rings. The lowest BCUT2D eigenvalue weighted by atomic mass is 10.2. The third kappa shape index (κ3) is 5.23. The van der Waals surface area contributed by atoms with E-state index in [0.717, 1.165) is 33.9 Å². The van der Waals surface area contributed by atoms with Gasteiger partial charge in [0.25, 0.3) is 17.7 Å². The maximum atomic E-state index is 13.1. The number of halogens is 3. The highest BCUT2D eigenvalue weighted by Crippen LogP contribution is 2.28. The van der Waals surface area contributed by atoms with Gasteiger partial charge >= 0.3 is 0 Å². The fraction of sp³-hybridized carbons (Fsp3) is 0.0500. The second kappa shape index (κ2) is 9.23. The Kier molecular flexibility index (Phi) is 6.48. The average molecular weight is 433 g/mol. The van der Waals surface area contributed by atoms with E-state index in [0.29, 0.717) is 10.9 Å². The molecule has 3 amide bonds. The van der Waals surface area contributed by atoms with Crippen molar-refractivity contribution in [2.75, 3.05) is 6.54 Å². The van der Waals surface area contributed by atoms with Gasteiger partial charge in [-0.25, -0.2) is 13.2 Å². The maximum absolute atomic E-state index is 13.1. The Morgan fingerprint density at radius 1 is 0.800 bits per heavy atom. The molecule has 6 nitrogen and oxygen atoms in total. The van der Waals surface area contributed by atoms with Crippen molar-refractivity contribution in [1.82, 2.24) is 16.2 Å². The van der Waals surface area contributed by atoms with Crippen LogP contribution >= 0.6 is 11.3 Å². The van der Waals surface area contributed by atoms with Gasteiger partial charge in [0, 0.05) is 10.4 Å². The second-order valence-electron chi connectivity index (χ2n) is 5.98. The third-order valence-corrected chi connectivity index (χ3v) is 5.00. The number of amides is 3. The SMILES string of the molecule is O=C(CNC(=O)c1ccc(F)c(F)c1)NNC(=O)c1ccc(-c2ccc(F)cc2)s1. The van der Waals surface area contributed by atoms with Gasteiger partial charge in [0.1, 0.15) is 5.82 Å². The number of nitrogens with one attached hydrogen (secondary N) is 3. The number of rotatable bonds is 5. The van der Waals surface area contributed by atoms with Crippen LogP contribution in [0.15, 0.2) is 54.6 Å². The Morgan fingerprint density at radius 2 is 1.53 bits per heavy atom. The summed E-state index contributed by atoms with van der Waals surface area (Å²) in [7, 11) is 0. The molecule has 3 aromatic rings. The van der Waals surface area contributed by atoms with Gasteiger partial charge in [-0.2, -0.15) is 0 Å². The quantitative estimate of drug-likeness (QED) is 0.541. The monoisotopic (exact) mass is 433 g/mol. The van der Waals surface area contributed by atoms with E-state index in [1.807, 2.05) is 0 Å².